The summed E-state index contributed by atoms with van der Waals surface area (Å²) in [6, 6.07) is 15.1. The second-order valence-corrected chi connectivity index (χ2v) is 9.36. The van der Waals surface area contributed by atoms with Gasteiger partial charge < -0.3 is 9.47 Å². The summed E-state index contributed by atoms with van der Waals surface area (Å²) in [5, 5.41) is 0. The number of ether oxygens (including phenoxy) is 2. The summed E-state index contributed by atoms with van der Waals surface area (Å²) in [6.07, 6.45) is 2.77. The lowest BCUT2D eigenvalue weighted by Gasteiger charge is -2.28. The van der Waals surface area contributed by atoms with Crippen molar-refractivity contribution in [2.75, 3.05) is 6.61 Å². The van der Waals surface area contributed by atoms with Gasteiger partial charge in [0.2, 0.25) is 0 Å². The minimum Gasteiger partial charge on any atom is -0.426 e. The summed E-state index contributed by atoms with van der Waals surface area (Å²) < 4.78 is 54.7. The van der Waals surface area contributed by atoms with Gasteiger partial charge in [-0.2, -0.15) is 0 Å². The number of carbonyl (C=O) groups is 1. The Morgan fingerprint density at radius 2 is 1.60 bits per heavy atom. The van der Waals surface area contributed by atoms with Crippen molar-refractivity contribution in [1.82, 2.24) is 0 Å². The molecule has 1 atom stereocenters. The first kappa shape index (κ1) is 23.6. The van der Waals surface area contributed by atoms with Crippen molar-refractivity contribution >= 4 is 5.97 Å². The van der Waals surface area contributed by atoms with Gasteiger partial charge in [-0.15, -0.1) is 0 Å². The summed E-state index contributed by atoms with van der Waals surface area (Å²) in [5.41, 5.74) is 2.84. The highest BCUT2D eigenvalue weighted by molar-refractivity contribution is 5.75. The van der Waals surface area contributed by atoms with E-state index in [1.54, 1.807) is 24.3 Å². The van der Waals surface area contributed by atoms with E-state index >= 15 is 4.39 Å². The molecule has 0 aromatic heterocycles. The largest absolute Gasteiger partial charge is 0.426 e. The molecule has 182 valence electrons. The monoisotopic (exact) mass is 480 g/mol. The molecule has 2 fully saturated rings. The third-order valence-corrected chi connectivity index (χ3v) is 7.16. The molecule has 0 amide bonds. The third-order valence-electron chi connectivity index (χ3n) is 7.16. The first-order valence-corrected chi connectivity index (χ1v) is 12.1. The van der Waals surface area contributed by atoms with Gasteiger partial charge in [-0.25, -0.2) is 13.2 Å². The number of halogens is 3. The van der Waals surface area contributed by atoms with Crippen LogP contribution in [0.4, 0.5) is 13.2 Å². The maximum Gasteiger partial charge on any atom is 0.314 e. The number of benzene rings is 3. The maximum atomic E-state index is 15.0. The Kier molecular flexibility index (Phi) is 6.65. The standard InChI is InChI=1S/C29H27F3O3/c1-2-17-3-5-18(6-4-17)22-13-14-23(28(32)27(22)31)19-7-9-20(10-8-19)29(33)35-21-11-12-24(25(30)15-21)26-16-34-26/h3-6,11-15,19-20,26H,2,7-10,16H2,1H3. The van der Waals surface area contributed by atoms with Crippen LogP contribution in [0.2, 0.25) is 0 Å². The average molecular weight is 481 g/mol. The zero-order valence-corrected chi connectivity index (χ0v) is 19.5. The minimum atomic E-state index is -0.838. The SMILES string of the molecule is CCc1ccc(-c2ccc(C3CCC(C(=O)Oc4ccc(C5CO5)c(F)c4)CC3)c(F)c2F)cc1. The van der Waals surface area contributed by atoms with E-state index in [1.807, 2.05) is 31.2 Å². The molecule has 1 unspecified atom stereocenters. The molecule has 1 saturated heterocycles. The lowest BCUT2D eigenvalue weighted by Crippen LogP contribution is -2.25. The van der Waals surface area contributed by atoms with Crippen LogP contribution < -0.4 is 4.74 Å². The van der Waals surface area contributed by atoms with Crippen LogP contribution in [0.15, 0.2) is 54.6 Å². The predicted octanol–water partition coefficient (Wildman–Crippen LogP) is 7.28. The van der Waals surface area contributed by atoms with E-state index in [2.05, 4.69) is 0 Å². The Morgan fingerprint density at radius 3 is 2.23 bits per heavy atom. The zero-order chi connectivity index (χ0) is 24.5. The van der Waals surface area contributed by atoms with Crippen molar-refractivity contribution in [2.45, 2.75) is 51.0 Å². The van der Waals surface area contributed by atoms with Crippen molar-refractivity contribution in [3.63, 3.8) is 0 Å². The third kappa shape index (κ3) is 4.98. The zero-order valence-electron chi connectivity index (χ0n) is 19.5. The topological polar surface area (TPSA) is 38.8 Å². The van der Waals surface area contributed by atoms with Crippen molar-refractivity contribution in [2.24, 2.45) is 5.92 Å². The molecular weight excluding hydrogens is 453 g/mol. The van der Waals surface area contributed by atoms with Gasteiger partial charge in [-0.1, -0.05) is 43.3 Å². The van der Waals surface area contributed by atoms with E-state index in [1.165, 1.54) is 6.07 Å². The molecule has 0 bridgehead atoms. The van der Waals surface area contributed by atoms with Gasteiger partial charge in [-0.3, -0.25) is 4.79 Å². The van der Waals surface area contributed by atoms with E-state index in [9.17, 15) is 13.6 Å². The fraction of sp³-hybridized carbons (Fsp3) is 0.345. The van der Waals surface area contributed by atoms with Gasteiger partial charge >= 0.3 is 5.97 Å². The van der Waals surface area contributed by atoms with Crippen molar-refractivity contribution in [3.05, 3.63) is 88.7 Å². The molecule has 0 spiro atoms. The van der Waals surface area contributed by atoms with Crippen LogP contribution >= 0.6 is 0 Å². The molecule has 6 heteroatoms. The fourth-order valence-electron chi connectivity index (χ4n) is 4.92. The number of esters is 1. The Labute approximate surface area is 202 Å². The summed E-state index contributed by atoms with van der Waals surface area (Å²) in [4.78, 5) is 12.6. The second kappa shape index (κ2) is 9.86. The molecule has 1 saturated carbocycles. The van der Waals surface area contributed by atoms with Gasteiger partial charge in [0, 0.05) is 17.2 Å². The molecular formula is C29H27F3O3. The van der Waals surface area contributed by atoms with Crippen molar-refractivity contribution in [3.8, 4) is 16.9 Å². The summed E-state index contributed by atoms with van der Waals surface area (Å²) in [7, 11) is 0. The molecule has 3 aromatic carbocycles. The number of aryl methyl sites for hydroxylation is 1. The highest BCUT2D eigenvalue weighted by atomic mass is 19.2. The minimum absolute atomic E-state index is 0.162. The van der Waals surface area contributed by atoms with Crippen LogP contribution in [0, 0.1) is 23.4 Å². The van der Waals surface area contributed by atoms with Gasteiger partial charge in [0.15, 0.2) is 11.6 Å². The summed E-state index contributed by atoms with van der Waals surface area (Å²) in [5.74, 6) is -2.89. The molecule has 0 radical (unpaired) electrons. The number of hydrogen-bond donors (Lipinski definition) is 0. The van der Waals surface area contributed by atoms with E-state index in [0.29, 0.717) is 49.0 Å². The first-order valence-electron chi connectivity index (χ1n) is 12.1. The van der Waals surface area contributed by atoms with Crippen LogP contribution in [0.25, 0.3) is 11.1 Å². The van der Waals surface area contributed by atoms with Crippen LogP contribution in [0.3, 0.4) is 0 Å². The first-order chi connectivity index (χ1) is 16.9. The van der Waals surface area contributed by atoms with Gasteiger partial charge in [0.1, 0.15) is 17.7 Å². The van der Waals surface area contributed by atoms with Gasteiger partial charge in [-0.05, 0) is 66.8 Å². The summed E-state index contributed by atoms with van der Waals surface area (Å²) in [6.45, 7) is 2.54. The molecule has 1 aliphatic heterocycles. The molecule has 35 heavy (non-hydrogen) atoms. The number of hydrogen-bond acceptors (Lipinski definition) is 3. The molecule has 2 aliphatic rings. The molecule has 1 aliphatic carbocycles. The normalized spacial score (nSPS) is 21.5. The van der Waals surface area contributed by atoms with E-state index in [4.69, 9.17) is 9.47 Å². The van der Waals surface area contributed by atoms with Crippen LogP contribution in [-0.2, 0) is 16.0 Å². The number of epoxide rings is 1. The predicted molar refractivity (Wildman–Crippen MR) is 127 cm³/mol. The Bertz CT molecular complexity index is 1230. The fourth-order valence-corrected chi connectivity index (χ4v) is 4.92. The molecule has 0 N–H and O–H groups in total. The molecule has 3 aromatic rings. The van der Waals surface area contributed by atoms with Crippen LogP contribution in [-0.4, -0.2) is 12.6 Å². The highest BCUT2D eigenvalue weighted by Gasteiger charge is 2.32. The van der Waals surface area contributed by atoms with Crippen molar-refractivity contribution in [1.29, 1.82) is 0 Å². The lowest BCUT2D eigenvalue weighted by molar-refractivity contribution is -0.140. The Balaban J connectivity index is 1.22. The van der Waals surface area contributed by atoms with Gasteiger partial charge in [0.25, 0.3) is 0 Å². The molecule has 5 rings (SSSR count). The second-order valence-electron chi connectivity index (χ2n) is 9.36. The van der Waals surface area contributed by atoms with Gasteiger partial charge in [0.05, 0.1) is 12.5 Å². The Morgan fingerprint density at radius 1 is 0.914 bits per heavy atom. The smallest absolute Gasteiger partial charge is 0.314 e. The van der Waals surface area contributed by atoms with E-state index in [0.717, 1.165) is 12.0 Å². The van der Waals surface area contributed by atoms with E-state index in [-0.39, 0.29) is 29.3 Å². The van der Waals surface area contributed by atoms with Crippen LogP contribution in [0.5, 0.6) is 5.75 Å². The number of rotatable bonds is 6. The quantitative estimate of drug-likeness (QED) is 0.211. The lowest BCUT2D eigenvalue weighted by atomic mass is 9.78. The molecule has 3 nitrogen and oxygen atoms in total. The average Bonchev–Trinajstić information content (AvgIpc) is 3.71. The number of carbonyl (C=O) groups excluding carboxylic acids is 1. The molecule has 1 heterocycles. The Hall–Kier alpha value is -3.12. The highest BCUT2D eigenvalue weighted by Crippen LogP contribution is 2.40. The van der Waals surface area contributed by atoms with Crippen LogP contribution in [0.1, 0.15) is 61.3 Å². The van der Waals surface area contributed by atoms with Crippen molar-refractivity contribution < 1.29 is 27.4 Å². The maximum absolute atomic E-state index is 15.0. The van der Waals surface area contributed by atoms with E-state index < -0.39 is 23.4 Å². The summed E-state index contributed by atoms with van der Waals surface area (Å²) >= 11 is 0.